The zero-order valence-corrected chi connectivity index (χ0v) is 7.09. The van der Waals surface area contributed by atoms with Crippen molar-refractivity contribution in [3.05, 3.63) is 0 Å². The summed E-state index contributed by atoms with van der Waals surface area (Å²) in [7, 11) is 0. The third-order valence-electron chi connectivity index (χ3n) is 2.55. The fourth-order valence-corrected chi connectivity index (χ4v) is 1.67. The molecule has 0 aliphatic carbocycles. The summed E-state index contributed by atoms with van der Waals surface area (Å²) in [5.74, 6) is 0. The fourth-order valence-electron chi connectivity index (χ4n) is 1.67. The van der Waals surface area contributed by atoms with E-state index in [0.29, 0.717) is 12.6 Å². The Kier molecular flexibility index (Phi) is 2.02. The lowest BCUT2D eigenvalue weighted by Gasteiger charge is -2.52. The summed E-state index contributed by atoms with van der Waals surface area (Å²) in [6, 6.07) is 0.575. The SMILES string of the molecule is CC(C)N1CCC1(C)CO. The van der Waals surface area contributed by atoms with Crippen LogP contribution in [-0.2, 0) is 0 Å². The molecular weight excluding hydrogens is 126 g/mol. The van der Waals surface area contributed by atoms with Crippen LogP contribution in [0.5, 0.6) is 0 Å². The largest absolute Gasteiger partial charge is 0.394 e. The quantitative estimate of drug-likeness (QED) is 0.619. The minimum Gasteiger partial charge on any atom is -0.394 e. The Morgan fingerprint density at radius 1 is 1.60 bits per heavy atom. The molecule has 1 N–H and O–H groups in total. The first-order chi connectivity index (χ1) is 4.60. The van der Waals surface area contributed by atoms with Crippen LogP contribution in [0, 0.1) is 0 Å². The van der Waals surface area contributed by atoms with E-state index in [9.17, 15) is 0 Å². The van der Waals surface area contributed by atoms with E-state index in [1.54, 1.807) is 0 Å². The number of aliphatic hydroxyl groups excluding tert-OH is 1. The van der Waals surface area contributed by atoms with Gasteiger partial charge in [-0.3, -0.25) is 4.90 Å². The molecular formula is C8H17NO. The third-order valence-corrected chi connectivity index (χ3v) is 2.55. The van der Waals surface area contributed by atoms with Gasteiger partial charge in [-0.1, -0.05) is 0 Å². The molecule has 0 spiro atoms. The van der Waals surface area contributed by atoms with Crippen molar-refractivity contribution < 1.29 is 5.11 Å². The first-order valence-electron chi connectivity index (χ1n) is 3.98. The van der Waals surface area contributed by atoms with E-state index in [0.717, 1.165) is 13.0 Å². The first-order valence-corrected chi connectivity index (χ1v) is 3.98. The van der Waals surface area contributed by atoms with Crippen LogP contribution in [-0.4, -0.2) is 34.7 Å². The summed E-state index contributed by atoms with van der Waals surface area (Å²) in [5.41, 5.74) is 0.0914. The summed E-state index contributed by atoms with van der Waals surface area (Å²) >= 11 is 0. The molecule has 0 saturated carbocycles. The van der Waals surface area contributed by atoms with Gasteiger partial charge in [0, 0.05) is 18.1 Å². The van der Waals surface area contributed by atoms with Gasteiger partial charge >= 0.3 is 0 Å². The predicted molar refractivity (Wildman–Crippen MR) is 41.9 cm³/mol. The number of hydrogen-bond acceptors (Lipinski definition) is 2. The van der Waals surface area contributed by atoms with Crippen LogP contribution in [0.3, 0.4) is 0 Å². The second kappa shape index (κ2) is 2.51. The Labute approximate surface area is 62.8 Å². The van der Waals surface area contributed by atoms with Crippen LogP contribution in [0.4, 0.5) is 0 Å². The lowest BCUT2D eigenvalue weighted by atomic mass is 9.86. The van der Waals surface area contributed by atoms with Gasteiger partial charge in [0.2, 0.25) is 0 Å². The van der Waals surface area contributed by atoms with Crippen LogP contribution < -0.4 is 0 Å². The summed E-state index contributed by atoms with van der Waals surface area (Å²) < 4.78 is 0. The zero-order valence-electron chi connectivity index (χ0n) is 7.09. The molecule has 0 aromatic carbocycles. The summed E-state index contributed by atoms with van der Waals surface area (Å²) in [4.78, 5) is 2.34. The molecule has 2 heteroatoms. The zero-order chi connectivity index (χ0) is 7.78. The standard InChI is InChI=1S/C8H17NO/c1-7(2)9-5-4-8(9,3)6-10/h7,10H,4-6H2,1-3H3. The topological polar surface area (TPSA) is 23.5 Å². The van der Waals surface area contributed by atoms with E-state index in [1.807, 2.05) is 0 Å². The maximum atomic E-state index is 9.02. The third kappa shape index (κ3) is 1.06. The fraction of sp³-hybridized carbons (Fsp3) is 1.00. The van der Waals surface area contributed by atoms with Gasteiger partial charge in [-0.15, -0.1) is 0 Å². The molecule has 0 amide bonds. The average molecular weight is 143 g/mol. The number of rotatable bonds is 2. The Morgan fingerprint density at radius 2 is 2.20 bits per heavy atom. The Balaban J connectivity index is 2.49. The Morgan fingerprint density at radius 3 is 2.30 bits per heavy atom. The van der Waals surface area contributed by atoms with Gasteiger partial charge in [-0.05, 0) is 27.2 Å². The monoisotopic (exact) mass is 143 g/mol. The number of aliphatic hydroxyl groups is 1. The summed E-state index contributed by atoms with van der Waals surface area (Å²) in [5, 5.41) is 9.02. The van der Waals surface area contributed by atoms with Crippen molar-refractivity contribution in [3.8, 4) is 0 Å². The highest BCUT2D eigenvalue weighted by molar-refractivity contribution is 4.96. The van der Waals surface area contributed by atoms with Gasteiger partial charge < -0.3 is 5.11 Å². The van der Waals surface area contributed by atoms with Crippen LogP contribution in [0.1, 0.15) is 27.2 Å². The van der Waals surface area contributed by atoms with E-state index in [4.69, 9.17) is 5.11 Å². The summed E-state index contributed by atoms with van der Waals surface area (Å²) in [6.45, 7) is 7.91. The Hall–Kier alpha value is -0.0800. The molecule has 1 rings (SSSR count). The maximum absolute atomic E-state index is 9.02. The van der Waals surface area contributed by atoms with Crippen LogP contribution >= 0.6 is 0 Å². The minimum atomic E-state index is 0.0914. The van der Waals surface area contributed by atoms with Gasteiger partial charge in [-0.2, -0.15) is 0 Å². The molecule has 1 heterocycles. The molecule has 0 bridgehead atoms. The predicted octanol–water partition coefficient (Wildman–Crippen LogP) is 0.851. The lowest BCUT2D eigenvalue weighted by molar-refractivity contribution is -0.0608. The van der Waals surface area contributed by atoms with Crippen LogP contribution in [0.25, 0.3) is 0 Å². The van der Waals surface area contributed by atoms with E-state index in [-0.39, 0.29) is 5.54 Å². The number of hydrogen-bond donors (Lipinski definition) is 1. The van der Waals surface area contributed by atoms with E-state index >= 15 is 0 Å². The molecule has 1 aliphatic heterocycles. The lowest BCUT2D eigenvalue weighted by Crippen LogP contribution is -2.62. The average Bonchev–Trinajstić information content (AvgIpc) is 1.83. The maximum Gasteiger partial charge on any atom is 0.0613 e. The van der Waals surface area contributed by atoms with Crippen LogP contribution in [0.15, 0.2) is 0 Å². The highest BCUT2D eigenvalue weighted by Crippen LogP contribution is 2.31. The van der Waals surface area contributed by atoms with Gasteiger partial charge in [0.1, 0.15) is 0 Å². The Bertz CT molecular complexity index is 120. The second-order valence-electron chi connectivity index (χ2n) is 3.69. The molecule has 1 unspecified atom stereocenters. The van der Waals surface area contributed by atoms with Gasteiger partial charge in [-0.25, -0.2) is 0 Å². The highest BCUT2D eigenvalue weighted by atomic mass is 16.3. The molecule has 2 nitrogen and oxygen atoms in total. The van der Waals surface area contributed by atoms with Crippen molar-refractivity contribution in [2.24, 2.45) is 0 Å². The second-order valence-corrected chi connectivity index (χ2v) is 3.69. The van der Waals surface area contributed by atoms with Gasteiger partial charge in [0.25, 0.3) is 0 Å². The molecule has 10 heavy (non-hydrogen) atoms. The highest BCUT2D eigenvalue weighted by Gasteiger charge is 2.40. The van der Waals surface area contributed by atoms with Crippen molar-refractivity contribution in [3.63, 3.8) is 0 Å². The van der Waals surface area contributed by atoms with E-state index in [1.165, 1.54) is 0 Å². The number of nitrogens with zero attached hydrogens (tertiary/aromatic N) is 1. The van der Waals surface area contributed by atoms with Crippen molar-refractivity contribution in [2.45, 2.75) is 38.8 Å². The minimum absolute atomic E-state index is 0.0914. The smallest absolute Gasteiger partial charge is 0.0613 e. The molecule has 0 aromatic rings. The molecule has 0 aromatic heterocycles. The number of likely N-dealkylation sites (tertiary alicyclic amines) is 1. The molecule has 60 valence electrons. The van der Waals surface area contributed by atoms with Crippen molar-refractivity contribution >= 4 is 0 Å². The van der Waals surface area contributed by atoms with E-state index in [2.05, 4.69) is 25.7 Å². The summed E-state index contributed by atoms with van der Waals surface area (Å²) in [6.07, 6.45) is 1.14. The van der Waals surface area contributed by atoms with Crippen LogP contribution in [0.2, 0.25) is 0 Å². The van der Waals surface area contributed by atoms with Gasteiger partial charge in [0.15, 0.2) is 0 Å². The van der Waals surface area contributed by atoms with E-state index < -0.39 is 0 Å². The molecule has 1 atom stereocenters. The van der Waals surface area contributed by atoms with Crippen molar-refractivity contribution in [2.75, 3.05) is 13.2 Å². The van der Waals surface area contributed by atoms with Gasteiger partial charge in [0.05, 0.1) is 6.61 Å². The molecule has 1 saturated heterocycles. The molecule has 0 radical (unpaired) electrons. The molecule has 1 fully saturated rings. The molecule has 1 aliphatic rings. The van der Waals surface area contributed by atoms with Crippen molar-refractivity contribution in [1.29, 1.82) is 0 Å². The van der Waals surface area contributed by atoms with Crippen molar-refractivity contribution in [1.82, 2.24) is 4.90 Å². The first kappa shape index (κ1) is 8.02. The normalized spacial score (nSPS) is 34.5.